The Labute approximate surface area is 174 Å². The maximum atomic E-state index is 12.9. The summed E-state index contributed by atoms with van der Waals surface area (Å²) in [5, 5.41) is 6.13. The van der Waals surface area contributed by atoms with Gasteiger partial charge in [-0.05, 0) is 86.8 Å². The molecule has 2 amide bonds. The van der Waals surface area contributed by atoms with Crippen molar-refractivity contribution in [1.29, 1.82) is 0 Å². The van der Waals surface area contributed by atoms with Crippen molar-refractivity contribution < 1.29 is 14.3 Å². The van der Waals surface area contributed by atoms with E-state index in [1.807, 2.05) is 24.3 Å². The van der Waals surface area contributed by atoms with Crippen LogP contribution in [0.3, 0.4) is 0 Å². The van der Waals surface area contributed by atoms with E-state index in [9.17, 15) is 9.59 Å². The number of hydrogen-bond donors (Lipinski definition) is 2. The topological polar surface area (TPSA) is 67.4 Å². The lowest BCUT2D eigenvalue weighted by Crippen LogP contribution is -2.53. The standard InChI is InChI=1S/C24H34N2O3/c1-29-21-6-4-17(5-7-21)8-10-25-22(27)3-2-9-26-23(28)24-14-18-11-19(15-24)13-20(12-18)16-24/h4-7,18-20H,2-3,8-16H2,1H3,(H,25,27)(H,26,28). The molecule has 0 aliphatic heterocycles. The van der Waals surface area contributed by atoms with Crippen LogP contribution in [0.4, 0.5) is 0 Å². The van der Waals surface area contributed by atoms with E-state index in [0.29, 0.717) is 25.9 Å². The summed E-state index contributed by atoms with van der Waals surface area (Å²) in [6.45, 7) is 1.23. The van der Waals surface area contributed by atoms with E-state index in [1.54, 1.807) is 7.11 Å². The van der Waals surface area contributed by atoms with Crippen molar-refractivity contribution in [2.24, 2.45) is 23.2 Å². The van der Waals surface area contributed by atoms with Crippen LogP contribution in [-0.4, -0.2) is 32.0 Å². The van der Waals surface area contributed by atoms with Crippen LogP contribution in [-0.2, 0) is 16.0 Å². The molecule has 5 rings (SSSR count). The second kappa shape index (κ2) is 8.76. The SMILES string of the molecule is COc1ccc(CCNC(=O)CCCNC(=O)C23CC4CC(CC(C4)C2)C3)cc1. The fourth-order valence-electron chi connectivity index (χ4n) is 6.25. The molecule has 0 heterocycles. The fourth-order valence-corrected chi connectivity index (χ4v) is 6.25. The van der Waals surface area contributed by atoms with Crippen molar-refractivity contribution in [3.05, 3.63) is 29.8 Å². The zero-order valence-electron chi connectivity index (χ0n) is 17.5. The number of carbonyl (C=O) groups excluding carboxylic acids is 2. The summed E-state index contributed by atoms with van der Waals surface area (Å²) in [5.74, 6) is 3.50. The lowest BCUT2D eigenvalue weighted by molar-refractivity contribution is -0.146. The molecule has 5 heteroatoms. The smallest absolute Gasteiger partial charge is 0.226 e. The number of ether oxygens (including phenoxy) is 1. The zero-order valence-corrected chi connectivity index (χ0v) is 17.5. The van der Waals surface area contributed by atoms with Crippen LogP contribution in [0.2, 0.25) is 0 Å². The maximum Gasteiger partial charge on any atom is 0.226 e. The van der Waals surface area contributed by atoms with Crippen molar-refractivity contribution in [1.82, 2.24) is 10.6 Å². The van der Waals surface area contributed by atoms with E-state index < -0.39 is 0 Å². The second-order valence-electron chi connectivity index (χ2n) is 9.51. The summed E-state index contributed by atoms with van der Waals surface area (Å²) >= 11 is 0. The van der Waals surface area contributed by atoms with Crippen LogP contribution in [0, 0.1) is 23.2 Å². The van der Waals surface area contributed by atoms with Gasteiger partial charge in [-0.1, -0.05) is 12.1 Å². The van der Waals surface area contributed by atoms with Crippen LogP contribution in [0.15, 0.2) is 24.3 Å². The molecule has 0 spiro atoms. The first kappa shape index (κ1) is 20.2. The summed E-state index contributed by atoms with van der Waals surface area (Å²) in [4.78, 5) is 25.0. The molecule has 4 saturated carbocycles. The molecule has 5 nitrogen and oxygen atoms in total. The van der Waals surface area contributed by atoms with E-state index in [2.05, 4.69) is 10.6 Å². The third-order valence-electron chi connectivity index (χ3n) is 7.28. The number of nitrogens with one attached hydrogen (secondary N) is 2. The van der Waals surface area contributed by atoms with Gasteiger partial charge in [-0.2, -0.15) is 0 Å². The van der Waals surface area contributed by atoms with Gasteiger partial charge in [0, 0.05) is 24.9 Å². The van der Waals surface area contributed by atoms with Crippen LogP contribution in [0.1, 0.15) is 56.9 Å². The van der Waals surface area contributed by atoms with Crippen LogP contribution in [0.5, 0.6) is 5.75 Å². The molecule has 4 aliphatic carbocycles. The molecule has 29 heavy (non-hydrogen) atoms. The van der Waals surface area contributed by atoms with Crippen molar-refractivity contribution in [3.8, 4) is 5.75 Å². The fraction of sp³-hybridized carbons (Fsp3) is 0.667. The highest BCUT2D eigenvalue weighted by atomic mass is 16.5. The van der Waals surface area contributed by atoms with E-state index in [4.69, 9.17) is 4.74 Å². The number of hydrogen-bond acceptors (Lipinski definition) is 3. The van der Waals surface area contributed by atoms with Gasteiger partial charge in [0.2, 0.25) is 11.8 Å². The Morgan fingerprint density at radius 2 is 1.59 bits per heavy atom. The summed E-state index contributed by atoms with van der Waals surface area (Å²) in [6.07, 6.45) is 9.30. The van der Waals surface area contributed by atoms with E-state index in [1.165, 1.54) is 24.8 Å². The molecule has 4 bridgehead atoms. The zero-order chi connectivity index (χ0) is 20.3. The first-order valence-electron chi connectivity index (χ1n) is 11.2. The van der Waals surface area contributed by atoms with Gasteiger partial charge >= 0.3 is 0 Å². The lowest BCUT2D eigenvalue weighted by Gasteiger charge is -2.55. The largest absolute Gasteiger partial charge is 0.497 e. The minimum atomic E-state index is -0.0879. The second-order valence-corrected chi connectivity index (χ2v) is 9.51. The van der Waals surface area contributed by atoms with Crippen molar-refractivity contribution in [2.75, 3.05) is 20.2 Å². The molecule has 4 aliphatic rings. The number of benzene rings is 1. The highest BCUT2D eigenvalue weighted by Crippen LogP contribution is 2.60. The van der Waals surface area contributed by atoms with Crippen LogP contribution >= 0.6 is 0 Å². The van der Waals surface area contributed by atoms with Gasteiger partial charge in [-0.3, -0.25) is 9.59 Å². The molecule has 4 fully saturated rings. The Hall–Kier alpha value is -2.04. The molecule has 0 aromatic heterocycles. The number of amides is 2. The third-order valence-corrected chi connectivity index (χ3v) is 7.28. The molecular weight excluding hydrogens is 364 g/mol. The maximum absolute atomic E-state index is 12.9. The van der Waals surface area contributed by atoms with Gasteiger partial charge in [0.05, 0.1) is 7.11 Å². The number of methoxy groups -OCH3 is 1. The van der Waals surface area contributed by atoms with Gasteiger partial charge in [-0.25, -0.2) is 0 Å². The van der Waals surface area contributed by atoms with Gasteiger partial charge in [-0.15, -0.1) is 0 Å². The average molecular weight is 399 g/mol. The predicted octanol–water partition coefficient (Wildman–Crippen LogP) is 3.47. The number of rotatable bonds is 9. The predicted molar refractivity (Wildman–Crippen MR) is 113 cm³/mol. The van der Waals surface area contributed by atoms with Crippen molar-refractivity contribution in [2.45, 2.75) is 57.8 Å². The Kier molecular flexibility index (Phi) is 6.12. The first-order chi connectivity index (χ1) is 14.1. The molecule has 0 atom stereocenters. The van der Waals surface area contributed by atoms with E-state index in [-0.39, 0.29) is 17.2 Å². The van der Waals surface area contributed by atoms with Gasteiger partial charge in [0.1, 0.15) is 5.75 Å². The quantitative estimate of drug-likeness (QED) is 0.626. The molecule has 0 radical (unpaired) electrons. The van der Waals surface area contributed by atoms with Crippen LogP contribution < -0.4 is 15.4 Å². The summed E-state index contributed by atoms with van der Waals surface area (Å²) in [5.41, 5.74) is 1.09. The van der Waals surface area contributed by atoms with Gasteiger partial charge in [0.15, 0.2) is 0 Å². The van der Waals surface area contributed by atoms with Gasteiger partial charge < -0.3 is 15.4 Å². The Morgan fingerprint density at radius 1 is 0.966 bits per heavy atom. The Balaban J connectivity index is 1.12. The Morgan fingerprint density at radius 3 is 2.17 bits per heavy atom. The molecule has 0 unspecified atom stereocenters. The average Bonchev–Trinajstić information content (AvgIpc) is 2.70. The number of carbonyl (C=O) groups is 2. The molecular formula is C24H34N2O3. The van der Waals surface area contributed by atoms with Crippen LogP contribution in [0.25, 0.3) is 0 Å². The third kappa shape index (κ3) is 4.76. The van der Waals surface area contributed by atoms with Crippen molar-refractivity contribution in [3.63, 3.8) is 0 Å². The summed E-state index contributed by atoms with van der Waals surface area (Å²) in [7, 11) is 1.65. The molecule has 158 valence electrons. The summed E-state index contributed by atoms with van der Waals surface area (Å²) in [6, 6.07) is 7.91. The molecule has 2 N–H and O–H groups in total. The first-order valence-corrected chi connectivity index (χ1v) is 11.2. The monoisotopic (exact) mass is 398 g/mol. The molecule has 1 aromatic rings. The highest BCUT2D eigenvalue weighted by molar-refractivity contribution is 5.83. The lowest BCUT2D eigenvalue weighted by atomic mass is 9.49. The van der Waals surface area contributed by atoms with E-state index in [0.717, 1.165) is 49.2 Å². The highest BCUT2D eigenvalue weighted by Gasteiger charge is 2.54. The van der Waals surface area contributed by atoms with Gasteiger partial charge in [0.25, 0.3) is 0 Å². The van der Waals surface area contributed by atoms with E-state index >= 15 is 0 Å². The molecule has 0 saturated heterocycles. The minimum Gasteiger partial charge on any atom is -0.497 e. The molecule has 1 aromatic carbocycles. The normalized spacial score (nSPS) is 29.5. The Bertz CT molecular complexity index is 693. The van der Waals surface area contributed by atoms with Crippen molar-refractivity contribution >= 4 is 11.8 Å². The summed E-state index contributed by atoms with van der Waals surface area (Å²) < 4.78 is 5.15. The minimum absolute atomic E-state index is 0.0579.